The second kappa shape index (κ2) is 9.81. The van der Waals surface area contributed by atoms with Gasteiger partial charge in [0, 0.05) is 44.7 Å². The van der Waals surface area contributed by atoms with Gasteiger partial charge in [-0.1, -0.05) is 41.9 Å². The Balaban J connectivity index is 1.40. The summed E-state index contributed by atoms with van der Waals surface area (Å²) in [7, 11) is 2.15. The van der Waals surface area contributed by atoms with Crippen molar-refractivity contribution in [1.29, 1.82) is 0 Å². The predicted molar refractivity (Wildman–Crippen MR) is 121 cm³/mol. The van der Waals surface area contributed by atoms with E-state index in [2.05, 4.69) is 22.2 Å². The number of nitrogens with zero attached hydrogens (tertiary/aromatic N) is 2. The van der Waals surface area contributed by atoms with Gasteiger partial charge in [0.2, 0.25) is 11.8 Å². The van der Waals surface area contributed by atoms with Crippen LogP contribution in [-0.2, 0) is 9.59 Å². The minimum Gasteiger partial charge on any atom is -0.492 e. The zero-order valence-corrected chi connectivity index (χ0v) is 18.5. The molecule has 31 heavy (non-hydrogen) atoms. The fraction of sp³-hybridized carbons (Fsp3) is 0.417. The molecule has 6 nitrogen and oxygen atoms in total. The monoisotopic (exact) mass is 441 g/mol. The molecule has 2 heterocycles. The zero-order chi connectivity index (χ0) is 21.8. The van der Waals surface area contributed by atoms with Crippen molar-refractivity contribution >= 4 is 23.4 Å². The van der Waals surface area contributed by atoms with Crippen LogP contribution >= 0.6 is 11.6 Å². The molecule has 0 bridgehead atoms. The van der Waals surface area contributed by atoms with Crippen LogP contribution in [-0.4, -0.2) is 68.0 Å². The molecule has 7 heteroatoms. The van der Waals surface area contributed by atoms with Crippen molar-refractivity contribution in [3.63, 3.8) is 0 Å². The van der Waals surface area contributed by atoms with Gasteiger partial charge in [0.1, 0.15) is 12.4 Å². The second-order valence-corrected chi connectivity index (χ2v) is 8.61. The van der Waals surface area contributed by atoms with Crippen LogP contribution in [0.2, 0.25) is 5.02 Å². The summed E-state index contributed by atoms with van der Waals surface area (Å²) in [4.78, 5) is 28.5. The first-order chi connectivity index (χ1) is 15.0. The first kappa shape index (κ1) is 21.8. The minimum absolute atomic E-state index is 0.225. The zero-order valence-electron chi connectivity index (χ0n) is 17.8. The molecule has 2 aliphatic rings. The molecule has 0 aromatic heterocycles. The molecule has 0 spiro atoms. The number of rotatable bonds is 6. The molecule has 0 radical (unpaired) electrons. The van der Waals surface area contributed by atoms with Gasteiger partial charge >= 0.3 is 0 Å². The summed E-state index contributed by atoms with van der Waals surface area (Å²) in [5.74, 6) is -0.0752. The van der Waals surface area contributed by atoms with E-state index < -0.39 is 5.92 Å². The molecule has 2 amide bonds. The Bertz CT molecular complexity index is 940. The normalized spacial score (nSPS) is 20.5. The van der Waals surface area contributed by atoms with Crippen LogP contribution in [0.15, 0.2) is 42.5 Å². The molecule has 0 aliphatic carbocycles. The van der Waals surface area contributed by atoms with E-state index in [4.69, 9.17) is 16.3 Å². The number of carbonyl (C=O) groups is 2. The number of nitrogens with one attached hydrogen (secondary N) is 1. The third-order valence-corrected chi connectivity index (χ3v) is 6.50. The first-order valence-electron chi connectivity index (χ1n) is 10.8. The minimum atomic E-state index is -0.401. The first-order valence-corrected chi connectivity index (χ1v) is 11.2. The number of hydrogen-bond acceptors (Lipinski definition) is 5. The highest BCUT2D eigenvalue weighted by molar-refractivity contribution is 6.34. The SMILES string of the molecule is CN1CCN(CCOc2ccc(-c3cccc(C4CCC(=O)NC4=O)c3Cl)cc2)CC1. The quantitative estimate of drug-likeness (QED) is 0.698. The molecule has 0 saturated carbocycles. The molecule has 1 N–H and O–H groups in total. The van der Waals surface area contributed by atoms with Crippen molar-refractivity contribution in [3.8, 4) is 16.9 Å². The number of hydrogen-bond donors (Lipinski definition) is 1. The van der Waals surface area contributed by atoms with E-state index in [0.29, 0.717) is 24.5 Å². The standard InChI is InChI=1S/C24H28ClN3O3/c1-27-11-13-28(14-12-27)15-16-31-18-7-5-17(6-8-18)19-3-2-4-20(23(19)25)21-9-10-22(29)26-24(21)30/h2-8,21H,9-16H2,1H3,(H,26,29,30). The maximum absolute atomic E-state index is 12.3. The van der Waals surface area contributed by atoms with E-state index in [1.165, 1.54) is 0 Å². The highest BCUT2D eigenvalue weighted by Gasteiger charge is 2.30. The molecule has 4 rings (SSSR count). The molecule has 1 atom stereocenters. The van der Waals surface area contributed by atoms with Crippen molar-refractivity contribution in [1.82, 2.24) is 15.1 Å². The van der Waals surface area contributed by atoms with E-state index in [-0.39, 0.29) is 11.8 Å². The summed E-state index contributed by atoms with van der Waals surface area (Å²) in [6, 6.07) is 13.6. The smallest absolute Gasteiger partial charge is 0.234 e. The van der Waals surface area contributed by atoms with Gasteiger partial charge in [-0.3, -0.25) is 19.8 Å². The molecular weight excluding hydrogens is 414 g/mol. The Hall–Kier alpha value is -2.41. The Labute approximate surface area is 188 Å². The Morgan fingerprint density at radius 3 is 2.52 bits per heavy atom. The highest BCUT2D eigenvalue weighted by Crippen LogP contribution is 2.37. The number of carbonyl (C=O) groups excluding carboxylic acids is 2. The number of piperidine rings is 1. The Kier molecular flexibility index (Phi) is 6.90. The van der Waals surface area contributed by atoms with Gasteiger partial charge in [-0.25, -0.2) is 0 Å². The van der Waals surface area contributed by atoms with Gasteiger partial charge in [0.25, 0.3) is 0 Å². The Morgan fingerprint density at radius 1 is 1.06 bits per heavy atom. The van der Waals surface area contributed by atoms with E-state index >= 15 is 0 Å². The molecule has 2 aromatic carbocycles. The van der Waals surface area contributed by atoms with Crippen LogP contribution in [0.4, 0.5) is 0 Å². The Morgan fingerprint density at radius 2 is 1.81 bits per heavy atom. The van der Waals surface area contributed by atoms with E-state index in [0.717, 1.165) is 55.2 Å². The maximum atomic E-state index is 12.3. The number of piperazine rings is 1. The summed E-state index contributed by atoms with van der Waals surface area (Å²) in [5.41, 5.74) is 2.59. The molecule has 2 fully saturated rings. The van der Waals surface area contributed by atoms with Crippen molar-refractivity contribution in [2.24, 2.45) is 0 Å². The van der Waals surface area contributed by atoms with Crippen LogP contribution in [0.3, 0.4) is 0 Å². The number of benzene rings is 2. The predicted octanol–water partition coefficient (Wildman–Crippen LogP) is 3.15. The number of ether oxygens (including phenoxy) is 1. The largest absolute Gasteiger partial charge is 0.492 e. The summed E-state index contributed by atoms with van der Waals surface area (Å²) >= 11 is 6.69. The lowest BCUT2D eigenvalue weighted by atomic mass is 9.88. The molecule has 2 aliphatic heterocycles. The molecule has 164 valence electrons. The van der Waals surface area contributed by atoms with Crippen LogP contribution in [0.1, 0.15) is 24.3 Å². The van der Waals surface area contributed by atoms with Gasteiger partial charge in [-0.05, 0) is 36.7 Å². The number of halogens is 1. The molecule has 1 unspecified atom stereocenters. The second-order valence-electron chi connectivity index (χ2n) is 8.23. The van der Waals surface area contributed by atoms with Crippen LogP contribution in [0, 0.1) is 0 Å². The lowest BCUT2D eigenvalue weighted by Crippen LogP contribution is -2.45. The summed E-state index contributed by atoms with van der Waals surface area (Å²) in [5, 5.41) is 2.96. The van der Waals surface area contributed by atoms with E-state index in [9.17, 15) is 9.59 Å². The van der Waals surface area contributed by atoms with E-state index in [1.807, 2.05) is 42.5 Å². The fourth-order valence-corrected chi connectivity index (χ4v) is 4.49. The van der Waals surface area contributed by atoms with Crippen molar-refractivity contribution in [3.05, 3.63) is 53.1 Å². The van der Waals surface area contributed by atoms with Gasteiger partial charge in [-0.15, -0.1) is 0 Å². The maximum Gasteiger partial charge on any atom is 0.234 e. The van der Waals surface area contributed by atoms with Crippen LogP contribution in [0.5, 0.6) is 5.75 Å². The van der Waals surface area contributed by atoms with Crippen molar-refractivity contribution in [2.45, 2.75) is 18.8 Å². The number of imide groups is 1. The summed E-state index contributed by atoms with van der Waals surface area (Å²) in [6.07, 6.45) is 0.811. The summed E-state index contributed by atoms with van der Waals surface area (Å²) in [6.45, 7) is 5.96. The highest BCUT2D eigenvalue weighted by atomic mass is 35.5. The molecular formula is C24H28ClN3O3. The third-order valence-electron chi connectivity index (χ3n) is 6.08. The number of likely N-dealkylation sites (N-methyl/N-ethyl adjacent to an activating group) is 1. The fourth-order valence-electron chi connectivity index (χ4n) is 4.13. The van der Waals surface area contributed by atoms with Gasteiger partial charge in [-0.2, -0.15) is 0 Å². The average molecular weight is 442 g/mol. The number of amides is 2. The average Bonchev–Trinajstić information content (AvgIpc) is 2.76. The van der Waals surface area contributed by atoms with Crippen molar-refractivity contribution < 1.29 is 14.3 Å². The van der Waals surface area contributed by atoms with Gasteiger partial charge in [0.15, 0.2) is 0 Å². The lowest BCUT2D eigenvalue weighted by molar-refractivity contribution is -0.134. The lowest BCUT2D eigenvalue weighted by Gasteiger charge is -2.32. The van der Waals surface area contributed by atoms with Gasteiger partial charge < -0.3 is 9.64 Å². The summed E-state index contributed by atoms with van der Waals surface area (Å²) < 4.78 is 5.93. The van der Waals surface area contributed by atoms with Crippen molar-refractivity contribution in [2.75, 3.05) is 46.4 Å². The van der Waals surface area contributed by atoms with Crippen LogP contribution < -0.4 is 10.1 Å². The molecule has 2 aromatic rings. The van der Waals surface area contributed by atoms with E-state index in [1.54, 1.807) is 0 Å². The third kappa shape index (κ3) is 5.26. The topological polar surface area (TPSA) is 61.9 Å². The van der Waals surface area contributed by atoms with Crippen LogP contribution in [0.25, 0.3) is 11.1 Å². The van der Waals surface area contributed by atoms with Gasteiger partial charge in [0.05, 0.1) is 10.9 Å². The molecule has 2 saturated heterocycles.